The molecule has 0 bridgehead atoms. The number of carboxylic acid groups (broad SMARTS) is 1. The van der Waals surface area contributed by atoms with Gasteiger partial charge in [-0.25, -0.2) is 4.79 Å². The van der Waals surface area contributed by atoms with Crippen LogP contribution in [0, 0.1) is 11.3 Å². The van der Waals surface area contributed by atoms with E-state index in [9.17, 15) is 14.4 Å². The third-order valence-corrected chi connectivity index (χ3v) is 6.14. The summed E-state index contributed by atoms with van der Waals surface area (Å²) >= 11 is 0. The molecule has 0 saturated carbocycles. The number of rotatable bonds is 12. The van der Waals surface area contributed by atoms with Crippen molar-refractivity contribution in [3.63, 3.8) is 0 Å². The lowest BCUT2D eigenvalue weighted by molar-refractivity contribution is -0.137. The number of nitrogens with one attached hydrogen (secondary N) is 2. The van der Waals surface area contributed by atoms with Gasteiger partial charge in [0.15, 0.2) is 0 Å². The number of amides is 2. The van der Waals surface area contributed by atoms with E-state index in [-0.39, 0.29) is 31.8 Å². The van der Waals surface area contributed by atoms with Crippen LogP contribution in [-0.4, -0.2) is 41.8 Å². The van der Waals surface area contributed by atoms with Crippen molar-refractivity contribution in [1.82, 2.24) is 10.6 Å². The number of benzene rings is 2. The molecule has 184 valence electrons. The lowest BCUT2D eigenvalue weighted by Crippen LogP contribution is -2.50. The van der Waals surface area contributed by atoms with Crippen molar-refractivity contribution in [3.8, 4) is 17.2 Å². The Labute approximate surface area is 205 Å². The summed E-state index contributed by atoms with van der Waals surface area (Å²) in [4.78, 5) is 36.7. The number of nitrogens with zero attached hydrogens (tertiary/aromatic N) is 1. The predicted octanol–water partition coefficient (Wildman–Crippen LogP) is 4.35. The number of carbonyl (C=O) groups excluding carboxylic acids is 2. The van der Waals surface area contributed by atoms with Gasteiger partial charge >= 0.3 is 12.1 Å². The molecular formula is C27H31N3O5. The summed E-state index contributed by atoms with van der Waals surface area (Å²) in [6.45, 7) is 2.02. The van der Waals surface area contributed by atoms with E-state index < -0.39 is 30.1 Å². The molecule has 0 spiro atoms. The summed E-state index contributed by atoms with van der Waals surface area (Å²) in [6, 6.07) is 16.6. The second kappa shape index (κ2) is 12.6. The molecule has 1 unspecified atom stereocenters. The molecule has 8 heteroatoms. The minimum atomic E-state index is -1.01. The molecular weight excluding hydrogens is 446 g/mol. The van der Waals surface area contributed by atoms with Crippen molar-refractivity contribution in [2.75, 3.05) is 6.61 Å². The topological polar surface area (TPSA) is 129 Å². The van der Waals surface area contributed by atoms with Crippen LogP contribution < -0.4 is 10.6 Å². The quantitative estimate of drug-likeness (QED) is 0.390. The normalized spacial score (nSPS) is 13.6. The summed E-state index contributed by atoms with van der Waals surface area (Å²) in [7, 11) is 0. The lowest BCUT2D eigenvalue weighted by atomic mass is 9.98. The third kappa shape index (κ3) is 6.82. The molecule has 0 aromatic heterocycles. The number of alkyl carbamates (subject to hydrolysis) is 1. The predicted molar refractivity (Wildman–Crippen MR) is 131 cm³/mol. The number of fused-ring (bicyclic) bond motifs is 3. The molecule has 1 aliphatic carbocycles. The Morgan fingerprint density at radius 2 is 1.66 bits per heavy atom. The van der Waals surface area contributed by atoms with Crippen molar-refractivity contribution in [2.24, 2.45) is 0 Å². The maximum atomic E-state index is 12.9. The van der Waals surface area contributed by atoms with Crippen LogP contribution in [0.5, 0.6) is 0 Å². The van der Waals surface area contributed by atoms with Gasteiger partial charge in [0.05, 0.1) is 12.5 Å². The van der Waals surface area contributed by atoms with Crippen LogP contribution in [0.3, 0.4) is 0 Å². The molecule has 35 heavy (non-hydrogen) atoms. The Hall–Kier alpha value is -3.86. The van der Waals surface area contributed by atoms with Gasteiger partial charge in [-0.3, -0.25) is 9.59 Å². The van der Waals surface area contributed by atoms with E-state index in [2.05, 4.69) is 10.6 Å². The van der Waals surface area contributed by atoms with Crippen molar-refractivity contribution >= 4 is 18.0 Å². The van der Waals surface area contributed by atoms with Gasteiger partial charge < -0.3 is 20.5 Å². The Morgan fingerprint density at radius 1 is 1.03 bits per heavy atom. The maximum absolute atomic E-state index is 12.9. The maximum Gasteiger partial charge on any atom is 0.407 e. The van der Waals surface area contributed by atoms with Gasteiger partial charge in [-0.15, -0.1) is 0 Å². The van der Waals surface area contributed by atoms with E-state index in [1.165, 1.54) is 0 Å². The molecule has 3 rings (SSSR count). The third-order valence-electron chi connectivity index (χ3n) is 6.14. The molecule has 3 N–H and O–H groups in total. The number of carboxylic acids is 1. The van der Waals surface area contributed by atoms with Gasteiger partial charge in [0.25, 0.3) is 0 Å². The second-order valence-corrected chi connectivity index (χ2v) is 8.66. The Morgan fingerprint density at radius 3 is 2.23 bits per heavy atom. The zero-order valence-electron chi connectivity index (χ0n) is 19.8. The highest BCUT2D eigenvalue weighted by atomic mass is 16.5. The molecule has 0 heterocycles. The molecule has 0 saturated heterocycles. The highest BCUT2D eigenvalue weighted by Gasteiger charge is 2.30. The van der Waals surface area contributed by atoms with E-state index >= 15 is 0 Å². The van der Waals surface area contributed by atoms with Crippen LogP contribution in [0.25, 0.3) is 11.1 Å². The fourth-order valence-electron chi connectivity index (χ4n) is 4.52. The Kier molecular flexibility index (Phi) is 9.24. The number of unbranched alkanes of at least 4 members (excludes halogenated alkanes) is 1. The zero-order valence-corrected chi connectivity index (χ0v) is 19.8. The molecule has 2 aromatic carbocycles. The first kappa shape index (κ1) is 25.8. The number of aliphatic carboxylic acids is 1. The first-order valence-electron chi connectivity index (χ1n) is 11.9. The number of hydrogen-bond donors (Lipinski definition) is 3. The van der Waals surface area contributed by atoms with Gasteiger partial charge in [0, 0.05) is 18.4 Å². The number of ether oxygens (including phenoxy) is 1. The molecule has 0 fully saturated rings. The van der Waals surface area contributed by atoms with Gasteiger partial charge in [-0.1, -0.05) is 61.9 Å². The van der Waals surface area contributed by atoms with Gasteiger partial charge in [0.2, 0.25) is 5.91 Å². The van der Waals surface area contributed by atoms with Crippen molar-refractivity contribution in [3.05, 3.63) is 59.7 Å². The van der Waals surface area contributed by atoms with E-state index in [1.54, 1.807) is 0 Å². The molecule has 2 aromatic rings. The average Bonchev–Trinajstić information content (AvgIpc) is 3.15. The molecule has 1 aliphatic rings. The van der Waals surface area contributed by atoms with E-state index in [4.69, 9.17) is 15.1 Å². The van der Waals surface area contributed by atoms with Crippen molar-refractivity contribution < 1.29 is 24.2 Å². The molecule has 0 aliphatic heterocycles. The van der Waals surface area contributed by atoms with E-state index in [1.807, 2.05) is 61.5 Å². The number of nitriles is 1. The molecule has 2 amide bonds. The summed E-state index contributed by atoms with van der Waals surface area (Å²) in [6.07, 6.45) is 1.18. The first-order valence-corrected chi connectivity index (χ1v) is 11.9. The summed E-state index contributed by atoms with van der Waals surface area (Å²) in [5, 5.41) is 23.3. The Bertz CT molecular complexity index is 1050. The van der Waals surface area contributed by atoms with Crippen molar-refractivity contribution in [2.45, 2.75) is 63.5 Å². The zero-order chi connectivity index (χ0) is 25.2. The van der Waals surface area contributed by atoms with Crippen LogP contribution in [0.1, 0.15) is 62.5 Å². The fraction of sp³-hybridized carbons (Fsp3) is 0.407. The van der Waals surface area contributed by atoms with Gasteiger partial charge in [0.1, 0.15) is 12.6 Å². The minimum absolute atomic E-state index is 0.108. The van der Waals surface area contributed by atoms with Crippen LogP contribution in [0.2, 0.25) is 0 Å². The molecule has 8 nitrogen and oxygen atoms in total. The SMILES string of the molecule is CCC[C@@H](CC(=O)O)NC(=O)C(CCCC#N)NC(=O)OCC1c2ccccc2-c2ccccc21. The van der Waals surface area contributed by atoms with Crippen LogP contribution >= 0.6 is 0 Å². The minimum Gasteiger partial charge on any atom is -0.481 e. The van der Waals surface area contributed by atoms with Crippen LogP contribution in [0.4, 0.5) is 4.79 Å². The summed E-state index contributed by atoms with van der Waals surface area (Å²) < 4.78 is 5.55. The van der Waals surface area contributed by atoms with E-state index in [0.29, 0.717) is 19.3 Å². The van der Waals surface area contributed by atoms with Gasteiger partial charge in [-0.05, 0) is 41.5 Å². The Balaban J connectivity index is 1.65. The van der Waals surface area contributed by atoms with Gasteiger partial charge in [-0.2, -0.15) is 5.26 Å². The number of hydrogen-bond acceptors (Lipinski definition) is 5. The van der Waals surface area contributed by atoms with Crippen molar-refractivity contribution in [1.29, 1.82) is 5.26 Å². The fourth-order valence-corrected chi connectivity index (χ4v) is 4.52. The molecule has 0 radical (unpaired) electrons. The highest BCUT2D eigenvalue weighted by Crippen LogP contribution is 2.44. The lowest BCUT2D eigenvalue weighted by Gasteiger charge is -2.22. The summed E-state index contributed by atoms with van der Waals surface area (Å²) in [5.41, 5.74) is 4.40. The number of carbonyl (C=O) groups is 3. The first-order chi connectivity index (χ1) is 16.9. The van der Waals surface area contributed by atoms with E-state index in [0.717, 1.165) is 22.3 Å². The largest absolute Gasteiger partial charge is 0.481 e. The standard InChI is InChI=1S/C27H31N3O5/c1-2-9-18(16-25(31)32)29-26(33)24(14-7-8-15-28)30-27(34)35-17-23-21-12-5-3-10-19(21)20-11-4-6-13-22(20)23/h3-6,10-13,18,23-24H,2,7-9,14,16-17H2,1H3,(H,29,33)(H,30,34)(H,31,32)/t18-,24?/m0/s1. The highest BCUT2D eigenvalue weighted by molar-refractivity contribution is 5.86. The molecule has 2 atom stereocenters. The second-order valence-electron chi connectivity index (χ2n) is 8.66. The smallest absolute Gasteiger partial charge is 0.407 e. The average molecular weight is 478 g/mol. The summed E-state index contributed by atoms with van der Waals surface area (Å²) in [5.74, 6) is -1.59. The van der Waals surface area contributed by atoms with Crippen LogP contribution in [-0.2, 0) is 14.3 Å². The van der Waals surface area contributed by atoms with Crippen LogP contribution in [0.15, 0.2) is 48.5 Å². The monoisotopic (exact) mass is 477 g/mol.